The Bertz CT molecular complexity index is 902. The molecular weight excluding hydrogens is 641 g/mol. The molecule has 0 aliphatic rings. The van der Waals surface area contributed by atoms with Gasteiger partial charge in [-0.05, 0) is 38.5 Å². The number of phosphoric ester groups is 1. The van der Waals surface area contributed by atoms with Gasteiger partial charge in [0.05, 0.1) is 27.7 Å². The number of hydrogen-bond donors (Lipinski definition) is 0. The quantitative estimate of drug-likeness (QED) is 0.0210. The molecule has 0 saturated heterocycles. The van der Waals surface area contributed by atoms with Crippen molar-refractivity contribution in [1.82, 2.24) is 0 Å². The van der Waals surface area contributed by atoms with E-state index in [1.54, 1.807) is 0 Å². The van der Waals surface area contributed by atoms with Gasteiger partial charge in [0.1, 0.15) is 19.8 Å². The van der Waals surface area contributed by atoms with Gasteiger partial charge in [-0.1, -0.05) is 134 Å². The summed E-state index contributed by atoms with van der Waals surface area (Å²) in [4.78, 5) is 37.2. The molecule has 288 valence electrons. The molecule has 0 aliphatic carbocycles. The smallest absolute Gasteiger partial charge is 0.306 e. The van der Waals surface area contributed by atoms with Crippen LogP contribution < -0.4 is 4.89 Å². The predicted octanol–water partition coefficient (Wildman–Crippen LogP) is 9.77. The minimum atomic E-state index is -4.62. The summed E-state index contributed by atoms with van der Waals surface area (Å²) in [7, 11) is 1.14. The van der Waals surface area contributed by atoms with Crippen LogP contribution >= 0.6 is 7.82 Å². The molecule has 10 heteroatoms. The van der Waals surface area contributed by atoms with Crippen LogP contribution in [0.5, 0.6) is 0 Å². The van der Waals surface area contributed by atoms with Gasteiger partial charge in [-0.25, -0.2) is 0 Å². The summed E-state index contributed by atoms with van der Waals surface area (Å²) in [6, 6.07) is 0. The molecule has 0 aromatic heterocycles. The van der Waals surface area contributed by atoms with Crippen LogP contribution in [0.1, 0.15) is 162 Å². The number of unbranched alkanes of at least 4 members (excludes halogenated alkanes) is 17. The van der Waals surface area contributed by atoms with Crippen molar-refractivity contribution >= 4 is 19.8 Å². The third kappa shape index (κ3) is 36.1. The number of carbonyl (C=O) groups excluding carboxylic acids is 2. The zero-order valence-electron chi connectivity index (χ0n) is 32.1. The highest BCUT2D eigenvalue weighted by Gasteiger charge is 2.21. The molecule has 0 fully saturated rings. The number of carbonyl (C=O) groups is 2. The van der Waals surface area contributed by atoms with Crippen LogP contribution in [0.15, 0.2) is 24.3 Å². The first-order valence-corrected chi connectivity index (χ1v) is 21.0. The van der Waals surface area contributed by atoms with Gasteiger partial charge in [-0.15, -0.1) is 0 Å². The summed E-state index contributed by atoms with van der Waals surface area (Å²) in [6.45, 7) is 4.13. The number of likely N-dealkylation sites (N-methyl/N-ethyl adjacent to an activating group) is 1. The maximum atomic E-state index is 12.6. The van der Waals surface area contributed by atoms with E-state index in [9.17, 15) is 19.0 Å². The minimum Gasteiger partial charge on any atom is -0.756 e. The van der Waals surface area contributed by atoms with Crippen LogP contribution in [0, 0.1) is 0 Å². The Kier molecular flexibility index (Phi) is 31.4. The van der Waals surface area contributed by atoms with Gasteiger partial charge in [-0.3, -0.25) is 14.2 Å². The van der Waals surface area contributed by atoms with Crippen molar-refractivity contribution < 1.29 is 42.1 Å². The maximum absolute atomic E-state index is 12.6. The van der Waals surface area contributed by atoms with E-state index >= 15 is 0 Å². The largest absolute Gasteiger partial charge is 0.756 e. The lowest BCUT2D eigenvalue weighted by Gasteiger charge is -2.28. The van der Waals surface area contributed by atoms with E-state index in [1.165, 1.54) is 89.9 Å². The Morgan fingerprint density at radius 2 is 1.12 bits per heavy atom. The normalized spacial score (nSPS) is 14.0. The van der Waals surface area contributed by atoms with Crippen LogP contribution in [0.25, 0.3) is 0 Å². The van der Waals surface area contributed by atoms with Crippen molar-refractivity contribution in [2.45, 2.75) is 168 Å². The van der Waals surface area contributed by atoms with Gasteiger partial charge in [-0.2, -0.15) is 0 Å². The average molecular weight is 716 g/mol. The molecule has 0 bridgehead atoms. The van der Waals surface area contributed by atoms with Crippen molar-refractivity contribution in [2.75, 3.05) is 47.5 Å². The number of ether oxygens (including phenoxy) is 2. The summed E-state index contributed by atoms with van der Waals surface area (Å²) in [5.41, 5.74) is 0. The predicted molar refractivity (Wildman–Crippen MR) is 199 cm³/mol. The SMILES string of the molecule is CCCCCCCCCCC/C=C/C/C=C/CCCC(=O)O[C@H](COC(=O)CCCCCCCCCC)COP(=O)([O-])OCC[N+](C)(C)C. The van der Waals surface area contributed by atoms with E-state index in [2.05, 4.69) is 38.2 Å². The second kappa shape index (κ2) is 32.4. The highest BCUT2D eigenvalue weighted by molar-refractivity contribution is 7.45. The van der Waals surface area contributed by atoms with E-state index in [1.807, 2.05) is 21.1 Å². The number of esters is 2. The highest BCUT2D eigenvalue weighted by atomic mass is 31.2. The molecule has 0 spiro atoms. The van der Waals surface area contributed by atoms with Crippen molar-refractivity contribution in [2.24, 2.45) is 0 Å². The second-order valence-corrected chi connectivity index (χ2v) is 15.7. The van der Waals surface area contributed by atoms with Crippen molar-refractivity contribution in [1.29, 1.82) is 0 Å². The molecule has 2 atom stereocenters. The highest BCUT2D eigenvalue weighted by Crippen LogP contribution is 2.38. The number of nitrogens with zero attached hydrogens (tertiary/aromatic N) is 1. The topological polar surface area (TPSA) is 111 Å². The lowest BCUT2D eigenvalue weighted by molar-refractivity contribution is -0.870. The average Bonchev–Trinajstić information content (AvgIpc) is 3.04. The number of quaternary nitrogens is 1. The number of phosphoric acid groups is 1. The van der Waals surface area contributed by atoms with E-state index in [4.69, 9.17) is 18.5 Å². The molecule has 0 saturated carbocycles. The summed E-state index contributed by atoms with van der Waals surface area (Å²) in [6.07, 6.45) is 32.3. The Balaban J connectivity index is 4.45. The first kappa shape index (κ1) is 47.5. The Morgan fingerprint density at radius 1 is 0.633 bits per heavy atom. The van der Waals surface area contributed by atoms with Crippen LogP contribution in [-0.4, -0.2) is 70.0 Å². The fraction of sp³-hybridized carbons (Fsp3) is 0.846. The van der Waals surface area contributed by atoms with Crippen LogP contribution in [-0.2, 0) is 32.7 Å². The number of hydrogen-bond acceptors (Lipinski definition) is 8. The molecule has 0 aromatic carbocycles. The number of rotatable bonds is 35. The van der Waals surface area contributed by atoms with E-state index < -0.39 is 32.5 Å². The molecule has 49 heavy (non-hydrogen) atoms. The molecule has 0 aliphatic heterocycles. The third-order valence-corrected chi connectivity index (χ3v) is 9.19. The van der Waals surface area contributed by atoms with Gasteiger partial charge in [0.2, 0.25) is 0 Å². The molecule has 0 N–H and O–H groups in total. The molecule has 0 radical (unpaired) electrons. The fourth-order valence-electron chi connectivity index (χ4n) is 5.10. The lowest BCUT2D eigenvalue weighted by atomic mass is 10.1. The zero-order valence-corrected chi connectivity index (χ0v) is 33.0. The molecular formula is C39H74NO8P. The lowest BCUT2D eigenvalue weighted by Crippen LogP contribution is -2.37. The molecule has 1 unspecified atom stereocenters. The zero-order chi connectivity index (χ0) is 36.5. The van der Waals surface area contributed by atoms with Gasteiger partial charge in [0, 0.05) is 12.8 Å². The molecule has 0 heterocycles. The Labute approximate surface area is 300 Å². The summed E-state index contributed by atoms with van der Waals surface area (Å²) >= 11 is 0. The Hall–Kier alpha value is -1.51. The maximum Gasteiger partial charge on any atom is 0.306 e. The molecule has 0 rings (SSSR count). The standard InChI is InChI=1S/C39H74NO8P/c1-6-8-10-12-14-16-17-18-19-20-21-22-23-24-26-28-30-32-39(42)48-37(36-47-49(43,44)46-34-33-40(3,4)5)35-45-38(41)31-29-27-25-15-13-11-9-7-2/h21-22,24,26,37H,6-20,23,25,27-36H2,1-5H3/b22-21+,26-24+/t37-/m1/s1. The van der Waals surface area contributed by atoms with Crippen LogP contribution in [0.4, 0.5) is 0 Å². The molecule has 9 nitrogen and oxygen atoms in total. The van der Waals surface area contributed by atoms with Gasteiger partial charge in [0.15, 0.2) is 6.10 Å². The van der Waals surface area contributed by atoms with Gasteiger partial charge < -0.3 is 27.9 Å². The Morgan fingerprint density at radius 3 is 1.67 bits per heavy atom. The van der Waals surface area contributed by atoms with Gasteiger partial charge in [0.25, 0.3) is 7.82 Å². The van der Waals surface area contributed by atoms with E-state index in [0.717, 1.165) is 38.5 Å². The van der Waals surface area contributed by atoms with Crippen molar-refractivity contribution in [3.05, 3.63) is 24.3 Å². The van der Waals surface area contributed by atoms with Crippen LogP contribution in [0.2, 0.25) is 0 Å². The van der Waals surface area contributed by atoms with Crippen LogP contribution in [0.3, 0.4) is 0 Å². The third-order valence-electron chi connectivity index (χ3n) is 8.22. The summed E-state index contributed by atoms with van der Waals surface area (Å²) < 4.78 is 33.6. The van der Waals surface area contributed by atoms with E-state index in [-0.39, 0.29) is 26.1 Å². The first-order chi connectivity index (χ1) is 23.5. The van der Waals surface area contributed by atoms with E-state index in [0.29, 0.717) is 17.4 Å². The fourth-order valence-corrected chi connectivity index (χ4v) is 5.83. The number of allylic oxidation sites excluding steroid dienone is 4. The summed E-state index contributed by atoms with van der Waals surface area (Å²) in [5, 5.41) is 0. The second-order valence-electron chi connectivity index (χ2n) is 14.3. The summed E-state index contributed by atoms with van der Waals surface area (Å²) in [5.74, 6) is -0.891. The monoisotopic (exact) mass is 716 g/mol. The molecule has 0 aromatic rings. The van der Waals surface area contributed by atoms with Crippen molar-refractivity contribution in [3.63, 3.8) is 0 Å². The minimum absolute atomic E-state index is 0.0368. The van der Waals surface area contributed by atoms with Gasteiger partial charge >= 0.3 is 11.9 Å². The molecule has 0 amide bonds. The first-order valence-electron chi connectivity index (χ1n) is 19.5. The van der Waals surface area contributed by atoms with Crippen molar-refractivity contribution in [3.8, 4) is 0 Å².